The van der Waals surface area contributed by atoms with Crippen LogP contribution in [0.1, 0.15) is 30.5 Å². The minimum absolute atomic E-state index is 0.0636. The summed E-state index contributed by atoms with van der Waals surface area (Å²) in [6.45, 7) is 1.89. The number of imidazole rings is 1. The van der Waals surface area contributed by atoms with Crippen LogP contribution in [0.15, 0.2) is 60.9 Å². The second kappa shape index (κ2) is 7.27. The molecule has 154 valence electrons. The molecule has 6 heteroatoms. The summed E-state index contributed by atoms with van der Waals surface area (Å²) in [5.41, 5.74) is 3.03. The van der Waals surface area contributed by atoms with Gasteiger partial charge in [0.15, 0.2) is 0 Å². The number of rotatable bonds is 3. The van der Waals surface area contributed by atoms with E-state index in [1.807, 2.05) is 35.4 Å². The first kappa shape index (κ1) is 18.9. The van der Waals surface area contributed by atoms with Gasteiger partial charge in [-0.3, -0.25) is 9.59 Å². The van der Waals surface area contributed by atoms with Gasteiger partial charge in [-0.15, -0.1) is 0 Å². The highest BCUT2D eigenvalue weighted by Crippen LogP contribution is 2.41. The van der Waals surface area contributed by atoms with Gasteiger partial charge in [-0.25, -0.2) is 4.98 Å². The highest BCUT2D eigenvalue weighted by atomic mass is 16.2. The number of fused-ring (bicyclic) bond motifs is 1. The summed E-state index contributed by atoms with van der Waals surface area (Å²) in [5.74, 6) is -0.0278. The van der Waals surface area contributed by atoms with Crippen molar-refractivity contribution in [3.8, 4) is 0 Å². The smallest absolute Gasteiger partial charge is 0.227 e. The van der Waals surface area contributed by atoms with Crippen LogP contribution >= 0.6 is 0 Å². The molecule has 2 fully saturated rings. The molecule has 1 aromatic carbocycles. The van der Waals surface area contributed by atoms with Crippen molar-refractivity contribution in [1.29, 1.82) is 0 Å². The molecule has 0 bridgehead atoms. The Morgan fingerprint density at radius 2 is 1.80 bits per heavy atom. The van der Waals surface area contributed by atoms with Crippen molar-refractivity contribution in [3.05, 3.63) is 72.2 Å². The van der Waals surface area contributed by atoms with Crippen LogP contribution < -0.4 is 0 Å². The third-order valence-electron chi connectivity index (χ3n) is 6.80. The first-order chi connectivity index (χ1) is 14.6. The van der Waals surface area contributed by atoms with Crippen molar-refractivity contribution in [2.45, 2.75) is 24.7 Å². The van der Waals surface area contributed by atoms with E-state index in [1.54, 1.807) is 11.9 Å². The molecule has 3 aromatic rings. The van der Waals surface area contributed by atoms with Crippen molar-refractivity contribution in [3.63, 3.8) is 0 Å². The summed E-state index contributed by atoms with van der Waals surface area (Å²) in [7, 11) is 1.77. The van der Waals surface area contributed by atoms with E-state index in [2.05, 4.69) is 34.9 Å². The lowest BCUT2D eigenvalue weighted by Gasteiger charge is -2.42. The molecular weight excluding hydrogens is 376 g/mol. The van der Waals surface area contributed by atoms with E-state index < -0.39 is 0 Å². The average molecular weight is 402 g/mol. The van der Waals surface area contributed by atoms with E-state index in [9.17, 15) is 9.59 Å². The quantitative estimate of drug-likeness (QED) is 0.677. The summed E-state index contributed by atoms with van der Waals surface area (Å²) in [6.07, 6.45) is 6.13. The lowest BCUT2D eigenvalue weighted by molar-refractivity contribution is -0.137. The first-order valence-corrected chi connectivity index (χ1v) is 10.6. The molecule has 6 nitrogen and oxygen atoms in total. The number of nitrogens with zero attached hydrogens (tertiary/aromatic N) is 4. The molecule has 0 radical (unpaired) electrons. The van der Waals surface area contributed by atoms with E-state index >= 15 is 0 Å². The van der Waals surface area contributed by atoms with Crippen LogP contribution in [0.25, 0.3) is 5.65 Å². The molecule has 0 N–H and O–H groups in total. The molecule has 2 aliphatic heterocycles. The van der Waals surface area contributed by atoms with Crippen molar-refractivity contribution in [1.82, 2.24) is 19.2 Å². The number of amides is 2. The molecule has 2 saturated heterocycles. The van der Waals surface area contributed by atoms with E-state index in [4.69, 9.17) is 4.98 Å². The highest BCUT2D eigenvalue weighted by Gasteiger charge is 2.43. The van der Waals surface area contributed by atoms with Gasteiger partial charge in [-0.05, 0) is 30.5 Å². The van der Waals surface area contributed by atoms with Gasteiger partial charge in [0, 0.05) is 50.9 Å². The zero-order chi connectivity index (χ0) is 20.7. The van der Waals surface area contributed by atoms with Gasteiger partial charge in [-0.2, -0.15) is 0 Å². The SMILES string of the molecule is CN1CC(C(=O)N2CCC(c3ccccc3)(c3cn4ccccc4n3)CC2)CC1=O. The molecule has 2 aromatic heterocycles. The Hall–Kier alpha value is -3.15. The Morgan fingerprint density at radius 1 is 1.07 bits per heavy atom. The minimum atomic E-state index is -0.216. The van der Waals surface area contributed by atoms with Gasteiger partial charge in [0.2, 0.25) is 11.8 Å². The Labute approximate surface area is 176 Å². The van der Waals surface area contributed by atoms with Gasteiger partial charge >= 0.3 is 0 Å². The number of hydrogen-bond acceptors (Lipinski definition) is 3. The van der Waals surface area contributed by atoms with E-state index in [-0.39, 0.29) is 23.1 Å². The van der Waals surface area contributed by atoms with Gasteiger partial charge < -0.3 is 14.2 Å². The Kier molecular flexibility index (Phi) is 4.57. The number of piperidine rings is 1. The van der Waals surface area contributed by atoms with Crippen LogP contribution in [0.4, 0.5) is 0 Å². The van der Waals surface area contributed by atoms with Crippen LogP contribution in [0.3, 0.4) is 0 Å². The van der Waals surface area contributed by atoms with Crippen LogP contribution in [-0.2, 0) is 15.0 Å². The number of carbonyl (C=O) groups excluding carboxylic acids is 2. The van der Waals surface area contributed by atoms with Crippen molar-refractivity contribution >= 4 is 17.5 Å². The highest BCUT2D eigenvalue weighted by molar-refractivity contribution is 5.89. The van der Waals surface area contributed by atoms with Crippen molar-refractivity contribution in [2.75, 3.05) is 26.7 Å². The number of hydrogen-bond donors (Lipinski definition) is 0. The second-order valence-corrected chi connectivity index (χ2v) is 8.54. The fourth-order valence-electron chi connectivity index (χ4n) is 5.01. The largest absolute Gasteiger partial charge is 0.345 e. The Morgan fingerprint density at radius 3 is 2.47 bits per heavy atom. The zero-order valence-electron chi connectivity index (χ0n) is 17.2. The van der Waals surface area contributed by atoms with Crippen LogP contribution in [-0.4, -0.2) is 57.7 Å². The maximum absolute atomic E-state index is 13.0. The number of likely N-dealkylation sites (tertiary alicyclic amines) is 2. The monoisotopic (exact) mass is 402 g/mol. The lowest BCUT2D eigenvalue weighted by atomic mass is 9.70. The summed E-state index contributed by atoms with van der Waals surface area (Å²) in [4.78, 5) is 33.5. The summed E-state index contributed by atoms with van der Waals surface area (Å²) >= 11 is 0. The van der Waals surface area contributed by atoms with Gasteiger partial charge in [0.05, 0.1) is 11.6 Å². The van der Waals surface area contributed by atoms with Crippen molar-refractivity contribution < 1.29 is 9.59 Å². The molecule has 30 heavy (non-hydrogen) atoms. The molecule has 0 aliphatic carbocycles. The predicted molar refractivity (Wildman–Crippen MR) is 114 cm³/mol. The molecule has 1 unspecified atom stereocenters. The van der Waals surface area contributed by atoms with E-state index in [0.717, 1.165) is 24.2 Å². The third kappa shape index (κ3) is 3.07. The fourth-order valence-corrected chi connectivity index (χ4v) is 5.01. The molecule has 2 aliphatic rings. The summed E-state index contributed by atoms with van der Waals surface area (Å²) in [5, 5.41) is 0. The second-order valence-electron chi connectivity index (χ2n) is 8.54. The lowest BCUT2D eigenvalue weighted by Crippen LogP contribution is -2.48. The molecule has 0 saturated carbocycles. The Bertz CT molecular complexity index is 1050. The number of benzene rings is 1. The summed E-state index contributed by atoms with van der Waals surface area (Å²) in [6, 6.07) is 16.6. The Balaban J connectivity index is 1.44. The first-order valence-electron chi connectivity index (χ1n) is 10.6. The van der Waals surface area contributed by atoms with E-state index in [1.165, 1.54) is 5.56 Å². The zero-order valence-corrected chi connectivity index (χ0v) is 17.2. The van der Waals surface area contributed by atoms with Gasteiger partial charge in [0.1, 0.15) is 5.65 Å². The topological polar surface area (TPSA) is 57.9 Å². The fraction of sp³-hybridized carbons (Fsp3) is 0.375. The van der Waals surface area contributed by atoms with E-state index in [0.29, 0.717) is 26.1 Å². The molecule has 5 rings (SSSR count). The van der Waals surface area contributed by atoms with Crippen molar-refractivity contribution in [2.24, 2.45) is 5.92 Å². The van der Waals surface area contributed by atoms with Crippen LogP contribution in [0.2, 0.25) is 0 Å². The number of carbonyl (C=O) groups is 2. The van der Waals surface area contributed by atoms with Gasteiger partial charge in [-0.1, -0.05) is 36.4 Å². The number of pyridine rings is 1. The standard InChI is InChI=1S/C24H26N4O2/c1-26-16-18(15-22(26)29)23(30)27-13-10-24(11-14-27,19-7-3-2-4-8-19)20-17-28-12-6-5-9-21(28)25-20/h2-9,12,17-18H,10-11,13-16H2,1H3. The predicted octanol–water partition coefficient (Wildman–Crippen LogP) is 2.72. The summed E-state index contributed by atoms with van der Waals surface area (Å²) < 4.78 is 2.07. The molecule has 0 spiro atoms. The van der Waals surface area contributed by atoms with Crippen LogP contribution in [0, 0.1) is 5.92 Å². The third-order valence-corrected chi connectivity index (χ3v) is 6.80. The average Bonchev–Trinajstić information content (AvgIpc) is 3.37. The number of aromatic nitrogens is 2. The minimum Gasteiger partial charge on any atom is -0.345 e. The maximum atomic E-state index is 13.0. The molecule has 1 atom stereocenters. The van der Waals surface area contributed by atoms with Crippen LogP contribution in [0.5, 0.6) is 0 Å². The molecular formula is C24H26N4O2. The molecule has 2 amide bonds. The van der Waals surface area contributed by atoms with Gasteiger partial charge in [0.25, 0.3) is 0 Å². The maximum Gasteiger partial charge on any atom is 0.227 e. The normalized spacial score (nSPS) is 21.4. The molecule has 4 heterocycles.